The highest BCUT2D eigenvalue weighted by Crippen LogP contribution is 2.38. The highest BCUT2D eigenvalue weighted by molar-refractivity contribution is 5.93. The van der Waals surface area contributed by atoms with E-state index < -0.39 is 0 Å². The lowest BCUT2D eigenvalue weighted by atomic mass is 10.1. The Hall–Kier alpha value is -3.68. The minimum atomic E-state index is -0.372. The van der Waals surface area contributed by atoms with Crippen LogP contribution in [-0.2, 0) is 6.54 Å². The quantitative estimate of drug-likeness (QED) is 0.622. The second kappa shape index (κ2) is 9.01. The molecule has 0 spiro atoms. The average Bonchev–Trinajstić information content (AvgIpc) is 3.26. The number of rotatable bonds is 8. The van der Waals surface area contributed by atoms with Crippen molar-refractivity contribution in [3.63, 3.8) is 0 Å². The van der Waals surface area contributed by atoms with Gasteiger partial charge in [-0.3, -0.25) is 4.79 Å². The number of para-hydroxylation sites is 1. The van der Waals surface area contributed by atoms with Crippen LogP contribution in [0.3, 0.4) is 0 Å². The van der Waals surface area contributed by atoms with Crippen LogP contribution in [0, 0.1) is 0 Å². The smallest absolute Gasteiger partial charge is 0.273 e. The average molecular weight is 398 g/mol. The third-order valence-electron chi connectivity index (χ3n) is 4.29. The molecule has 0 fully saturated rings. The van der Waals surface area contributed by atoms with E-state index >= 15 is 0 Å². The topological polar surface area (TPSA) is 92.1 Å². The fourth-order valence-corrected chi connectivity index (χ4v) is 2.87. The van der Waals surface area contributed by atoms with Gasteiger partial charge in [0, 0.05) is 12.6 Å². The molecule has 1 aromatic heterocycles. The molecule has 29 heavy (non-hydrogen) atoms. The standard InChI is InChI=1S/C21H22N2O6/c1-25-16-8-6-5-7-14(16)17-11-15(23-29-17)21(24)22-12-13-9-18(26-2)20(28-4)19(10-13)27-3/h5-11H,12H2,1-4H3,(H,22,24). The number of carbonyl (C=O) groups is 1. The van der Waals surface area contributed by atoms with Crippen LogP contribution in [0.2, 0.25) is 0 Å². The van der Waals surface area contributed by atoms with Crippen LogP contribution >= 0.6 is 0 Å². The maximum Gasteiger partial charge on any atom is 0.273 e. The molecule has 8 heteroatoms. The summed E-state index contributed by atoms with van der Waals surface area (Å²) in [5, 5.41) is 6.67. The van der Waals surface area contributed by atoms with Crippen LogP contribution in [-0.4, -0.2) is 39.5 Å². The van der Waals surface area contributed by atoms with Gasteiger partial charge >= 0.3 is 0 Å². The van der Waals surface area contributed by atoms with Crippen molar-refractivity contribution in [3.8, 4) is 34.3 Å². The molecule has 0 saturated heterocycles. The van der Waals surface area contributed by atoms with E-state index in [1.165, 1.54) is 21.3 Å². The molecule has 0 atom stereocenters. The Morgan fingerprint density at radius 3 is 2.21 bits per heavy atom. The number of methoxy groups -OCH3 is 4. The summed E-state index contributed by atoms with van der Waals surface area (Å²) in [5.41, 5.74) is 1.66. The van der Waals surface area contributed by atoms with Gasteiger partial charge in [0.15, 0.2) is 23.0 Å². The minimum Gasteiger partial charge on any atom is -0.496 e. The number of nitrogens with zero attached hydrogens (tertiary/aromatic N) is 1. The molecule has 8 nitrogen and oxygen atoms in total. The van der Waals surface area contributed by atoms with Gasteiger partial charge < -0.3 is 28.8 Å². The van der Waals surface area contributed by atoms with E-state index in [0.29, 0.717) is 34.3 Å². The zero-order valence-electron chi connectivity index (χ0n) is 16.6. The van der Waals surface area contributed by atoms with Crippen LogP contribution in [0.5, 0.6) is 23.0 Å². The third-order valence-corrected chi connectivity index (χ3v) is 4.29. The Bertz CT molecular complexity index is 973. The molecule has 1 amide bonds. The molecule has 0 bridgehead atoms. The summed E-state index contributed by atoms with van der Waals surface area (Å²) < 4.78 is 26.6. The summed E-state index contributed by atoms with van der Waals surface area (Å²) in [5.74, 6) is 2.21. The number of hydrogen-bond acceptors (Lipinski definition) is 7. The molecule has 3 rings (SSSR count). The van der Waals surface area contributed by atoms with E-state index in [1.807, 2.05) is 24.3 Å². The van der Waals surface area contributed by atoms with Crippen molar-refractivity contribution in [3.05, 3.63) is 53.7 Å². The molecule has 0 radical (unpaired) electrons. The first-order chi connectivity index (χ1) is 14.1. The number of nitrogens with one attached hydrogen (secondary N) is 1. The summed E-state index contributed by atoms with van der Waals surface area (Å²) in [6.07, 6.45) is 0. The highest BCUT2D eigenvalue weighted by atomic mass is 16.5. The molecule has 152 valence electrons. The predicted octanol–water partition coefficient (Wildman–Crippen LogP) is 3.31. The van der Waals surface area contributed by atoms with Gasteiger partial charge in [0.1, 0.15) is 5.75 Å². The molecule has 2 aromatic carbocycles. The lowest BCUT2D eigenvalue weighted by Gasteiger charge is -2.14. The fraction of sp³-hybridized carbons (Fsp3) is 0.238. The van der Waals surface area contributed by atoms with Crippen molar-refractivity contribution in [1.29, 1.82) is 0 Å². The monoisotopic (exact) mass is 398 g/mol. The Morgan fingerprint density at radius 2 is 1.59 bits per heavy atom. The largest absolute Gasteiger partial charge is 0.496 e. The zero-order valence-corrected chi connectivity index (χ0v) is 16.6. The first-order valence-electron chi connectivity index (χ1n) is 8.78. The number of benzene rings is 2. The first-order valence-corrected chi connectivity index (χ1v) is 8.78. The van der Waals surface area contributed by atoms with Gasteiger partial charge in [0.05, 0.1) is 34.0 Å². The van der Waals surface area contributed by atoms with Gasteiger partial charge in [-0.05, 0) is 29.8 Å². The second-order valence-electron chi connectivity index (χ2n) is 5.99. The summed E-state index contributed by atoms with van der Waals surface area (Å²) >= 11 is 0. The molecule has 3 aromatic rings. The van der Waals surface area contributed by atoms with Crippen molar-refractivity contribution >= 4 is 5.91 Å². The van der Waals surface area contributed by atoms with Gasteiger partial charge in [-0.2, -0.15) is 0 Å². The summed E-state index contributed by atoms with van der Waals surface area (Å²) in [6, 6.07) is 12.4. The van der Waals surface area contributed by atoms with Crippen molar-refractivity contribution in [2.45, 2.75) is 6.54 Å². The summed E-state index contributed by atoms with van der Waals surface area (Å²) in [4.78, 5) is 12.5. The van der Waals surface area contributed by atoms with Gasteiger partial charge in [-0.25, -0.2) is 0 Å². The predicted molar refractivity (Wildman–Crippen MR) is 106 cm³/mol. The van der Waals surface area contributed by atoms with Gasteiger partial charge in [0.2, 0.25) is 5.75 Å². The normalized spacial score (nSPS) is 10.3. The van der Waals surface area contributed by atoms with E-state index in [-0.39, 0.29) is 18.1 Å². The van der Waals surface area contributed by atoms with Crippen molar-refractivity contribution < 1.29 is 28.3 Å². The van der Waals surface area contributed by atoms with Gasteiger partial charge in [-0.15, -0.1) is 0 Å². The molecule has 1 N–H and O–H groups in total. The maximum absolute atomic E-state index is 12.5. The Balaban J connectivity index is 1.74. The lowest BCUT2D eigenvalue weighted by molar-refractivity contribution is 0.0942. The summed E-state index contributed by atoms with van der Waals surface area (Å²) in [7, 11) is 6.18. The van der Waals surface area contributed by atoms with Crippen LogP contribution in [0.15, 0.2) is 47.0 Å². The number of hydrogen-bond donors (Lipinski definition) is 1. The Morgan fingerprint density at radius 1 is 0.931 bits per heavy atom. The molecule has 1 heterocycles. The number of carbonyl (C=O) groups excluding carboxylic acids is 1. The first kappa shape index (κ1) is 20.1. The van der Waals surface area contributed by atoms with E-state index in [4.69, 9.17) is 23.5 Å². The molecule has 0 saturated carbocycles. The van der Waals surface area contributed by atoms with Gasteiger partial charge in [0.25, 0.3) is 5.91 Å². The zero-order chi connectivity index (χ0) is 20.8. The highest BCUT2D eigenvalue weighted by Gasteiger charge is 2.17. The summed E-state index contributed by atoms with van der Waals surface area (Å²) in [6.45, 7) is 0.242. The third kappa shape index (κ3) is 4.26. The van der Waals surface area contributed by atoms with E-state index in [9.17, 15) is 4.79 Å². The van der Waals surface area contributed by atoms with Crippen LogP contribution in [0.1, 0.15) is 16.1 Å². The van der Waals surface area contributed by atoms with Crippen LogP contribution in [0.4, 0.5) is 0 Å². The van der Waals surface area contributed by atoms with E-state index in [1.54, 1.807) is 25.3 Å². The molecular formula is C21H22N2O6. The van der Waals surface area contributed by atoms with Crippen molar-refractivity contribution in [2.24, 2.45) is 0 Å². The second-order valence-corrected chi connectivity index (χ2v) is 5.99. The van der Waals surface area contributed by atoms with Gasteiger partial charge in [-0.1, -0.05) is 17.3 Å². The fourth-order valence-electron chi connectivity index (χ4n) is 2.87. The SMILES string of the molecule is COc1ccccc1-c1cc(C(=O)NCc2cc(OC)c(OC)c(OC)c2)no1. The number of amides is 1. The Kier molecular flexibility index (Phi) is 6.23. The van der Waals surface area contributed by atoms with Crippen LogP contribution in [0.25, 0.3) is 11.3 Å². The minimum absolute atomic E-state index is 0.165. The maximum atomic E-state index is 12.5. The molecule has 0 aliphatic rings. The molecule has 0 aliphatic carbocycles. The molecule has 0 unspecified atom stereocenters. The number of aromatic nitrogens is 1. The van der Waals surface area contributed by atoms with Crippen molar-refractivity contribution in [2.75, 3.05) is 28.4 Å². The number of ether oxygens (including phenoxy) is 4. The molecule has 0 aliphatic heterocycles. The van der Waals surface area contributed by atoms with E-state index in [2.05, 4.69) is 10.5 Å². The van der Waals surface area contributed by atoms with Crippen molar-refractivity contribution in [1.82, 2.24) is 10.5 Å². The Labute approximate surface area is 168 Å². The molecular weight excluding hydrogens is 376 g/mol. The van der Waals surface area contributed by atoms with Crippen LogP contribution < -0.4 is 24.3 Å². The van der Waals surface area contributed by atoms with E-state index in [0.717, 1.165) is 5.56 Å². The lowest BCUT2D eigenvalue weighted by Crippen LogP contribution is -2.23.